The number of amides is 1. The molecule has 0 aromatic heterocycles. The minimum Gasteiger partial charge on any atom is -0.458 e. The Morgan fingerprint density at radius 3 is 1.73 bits per heavy atom. The van der Waals surface area contributed by atoms with Crippen LogP contribution in [0.1, 0.15) is 72.3 Å². The van der Waals surface area contributed by atoms with Crippen LogP contribution in [0.4, 0.5) is 11.4 Å². The molecule has 256 valence electrons. The number of carbonyl (C=O) groups is 3. The molecule has 0 saturated heterocycles. The SMILES string of the molecule is CC(=O)OC1CCc2ccc(N)cc21.CC(=O)OC1CCc2ccc(N=CN(C)Cc3ccccc3)cc21.CN(C=O)Cc1ccccc1. The third-order valence-electron chi connectivity index (χ3n) is 8.09. The Morgan fingerprint density at radius 2 is 1.22 bits per heavy atom. The van der Waals surface area contributed by atoms with Crippen molar-refractivity contribution in [1.29, 1.82) is 0 Å². The van der Waals surface area contributed by atoms with E-state index in [9.17, 15) is 14.4 Å². The highest BCUT2D eigenvalue weighted by atomic mass is 16.5. The van der Waals surface area contributed by atoms with Crippen LogP contribution in [0.15, 0.2) is 102 Å². The van der Waals surface area contributed by atoms with Crippen molar-refractivity contribution >= 4 is 36.1 Å². The van der Waals surface area contributed by atoms with E-state index in [0.29, 0.717) is 6.54 Å². The quantitative estimate of drug-likeness (QED) is 0.0667. The van der Waals surface area contributed by atoms with E-state index in [1.165, 1.54) is 30.5 Å². The minimum atomic E-state index is -0.232. The van der Waals surface area contributed by atoms with Gasteiger partial charge < -0.3 is 25.0 Å². The fourth-order valence-corrected chi connectivity index (χ4v) is 5.85. The van der Waals surface area contributed by atoms with Crippen LogP contribution in [0.5, 0.6) is 0 Å². The van der Waals surface area contributed by atoms with Gasteiger partial charge in [0.1, 0.15) is 12.2 Å². The standard InChI is InChI=1S/C20H22N2O2.C11H13NO2.C9H11NO/c1-15(23)24-20-11-9-17-8-10-18(12-19(17)20)21-14-22(2)13-16-6-4-3-5-7-16;1-7(13)14-11-5-3-8-2-4-9(12)6-10(8)11;1-10(8-11)7-9-5-3-2-4-6-9/h3-8,10,12,14,20H,9,11,13H2,1-2H3;2,4,6,11H,3,5,12H2,1H3;2-6,8H,7H2,1H3. The predicted octanol–water partition coefficient (Wildman–Crippen LogP) is 7.12. The summed E-state index contributed by atoms with van der Waals surface area (Å²) in [6.07, 6.45) is 6.09. The lowest BCUT2D eigenvalue weighted by atomic mass is 10.1. The maximum atomic E-state index is 11.2. The normalized spacial score (nSPS) is 15.4. The molecule has 0 heterocycles. The van der Waals surface area contributed by atoms with Crippen LogP contribution in [0.25, 0.3) is 0 Å². The monoisotopic (exact) mass is 662 g/mol. The van der Waals surface area contributed by atoms with Gasteiger partial charge in [-0.1, -0.05) is 72.8 Å². The minimum absolute atomic E-state index is 0.0917. The molecule has 2 aliphatic carbocycles. The number of aliphatic imine (C=N–C) groups is 1. The molecule has 0 radical (unpaired) electrons. The van der Waals surface area contributed by atoms with E-state index in [1.54, 1.807) is 11.9 Å². The summed E-state index contributed by atoms with van der Waals surface area (Å²) in [5.41, 5.74) is 14.3. The van der Waals surface area contributed by atoms with Gasteiger partial charge in [-0.25, -0.2) is 4.99 Å². The number of hydrogen-bond donors (Lipinski definition) is 1. The molecule has 2 N–H and O–H groups in total. The maximum Gasteiger partial charge on any atom is 0.303 e. The first-order valence-electron chi connectivity index (χ1n) is 16.4. The van der Waals surface area contributed by atoms with Crippen LogP contribution in [0.3, 0.4) is 0 Å². The van der Waals surface area contributed by atoms with Crippen LogP contribution < -0.4 is 5.73 Å². The van der Waals surface area contributed by atoms with E-state index < -0.39 is 0 Å². The van der Waals surface area contributed by atoms with Crippen molar-refractivity contribution in [3.05, 3.63) is 130 Å². The lowest BCUT2D eigenvalue weighted by molar-refractivity contribution is -0.147. The average molecular weight is 663 g/mol. The van der Waals surface area contributed by atoms with Gasteiger partial charge in [-0.15, -0.1) is 0 Å². The molecule has 0 saturated carbocycles. The molecule has 6 rings (SSSR count). The maximum absolute atomic E-state index is 11.2. The molecule has 49 heavy (non-hydrogen) atoms. The first kappa shape index (κ1) is 36.4. The van der Waals surface area contributed by atoms with Crippen LogP contribution in [-0.2, 0) is 49.8 Å². The molecule has 0 fully saturated rings. The Morgan fingerprint density at radius 1 is 0.735 bits per heavy atom. The summed E-state index contributed by atoms with van der Waals surface area (Å²) < 4.78 is 10.6. The number of benzene rings is 4. The van der Waals surface area contributed by atoms with Crippen molar-refractivity contribution in [1.82, 2.24) is 9.80 Å². The highest BCUT2D eigenvalue weighted by Gasteiger charge is 2.26. The first-order chi connectivity index (χ1) is 23.6. The molecule has 2 aliphatic rings. The third kappa shape index (κ3) is 11.6. The number of anilines is 1. The molecular formula is C40H46N4O5. The Hall–Kier alpha value is -5.44. The van der Waals surface area contributed by atoms with Gasteiger partial charge in [0.05, 0.1) is 12.0 Å². The Labute approximate surface area is 289 Å². The molecule has 1 amide bonds. The van der Waals surface area contributed by atoms with E-state index in [2.05, 4.69) is 23.2 Å². The molecule has 2 atom stereocenters. The zero-order chi connectivity index (χ0) is 35.2. The lowest BCUT2D eigenvalue weighted by Gasteiger charge is -2.14. The molecule has 4 aromatic rings. The van der Waals surface area contributed by atoms with Crippen molar-refractivity contribution in [3.63, 3.8) is 0 Å². The number of nitrogens with zero attached hydrogens (tertiary/aromatic N) is 3. The van der Waals surface area contributed by atoms with Crippen molar-refractivity contribution in [2.24, 2.45) is 4.99 Å². The summed E-state index contributed by atoms with van der Waals surface area (Å²) in [5, 5.41) is 0. The molecule has 4 aromatic carbocycles. The van der Waals surface area contributed by atoms with Gasteiger partial charge in [0.2, 0.25) is 6.41 Å². The Balaban J connectivity index is 0.000000183. The van der Waals surface area contributed by atoms with Crippen LogP contribution in [0.2, 0.25) is 0 Å². The zero-order valence-corrected chi connectivity index (χ0v) is 28.7. The zero-order valence-electron chi connectivity index (χ0n) is 28.7. The average Bonchev–Trinajstić information content (AvgIpc) is 3.67. The highest BCUT2D eigenvalue weighted by Crippen LogP contribution is 2.37. The van der Waals surface area contributed by atoms with E-state index in [-0.39, 0.29) is 24.1 Å². The third-order valence-corrected chi connectivity index (χ3v) is 8.09. The largest absolute Gasteiger partial charge is 0.458 e. The Kier molecular flexibility index (Phi) is 13.5. The molecule has 0 bridgehead atoms. The van der Waals surface area contributed by atoms with Crippen molar-refractivity contribution in [2.75, 3.05) is 19.8 Å². The second-order valence-electron chi connectivity index (χ2n) is 12.3. The van der Waals surface area contributed by atoms with Gasteiger partial charge in [0.15, 0.2) is 0 Å². The number of nitrogens with two attached hydrogens (primary N) is 1. The first-order valence-corrected chi connectivity index (χ1v) is 16.4. The Bertz CT molecular complexity index is 1710. The lowest BCUT2D eigenvalue weighted by Crippen LogP contribution is -2.15. The summed E-state index contributed by atoms with van der Waals surface area (Å²) in [4.78, 5) is 40.5. The van der Waals surface area contributed by atoms with Crippen LogP contribution >= 0.6 is 0 Å². The number of carbonyl (C=O) groups excluding carboxylic acids is 3. The van der Waals surface area contributed by atoms with Gasteiger partial charge in [-0.2, -0.15) is 0 Å². The molecule has 9 nitrogen and oxygen atoms in total. The number of esters is 2. The second kappa shape index (κ2) is 18.2. The highest BCUT2D eigenvalue weighted by molar-refractivity contribution is 5.67. The van der Waals surface area contributed by atoms with E-state index >= 15 is 0 Å². The van der Waals surface area contributed by atoms with Gasteiger partial charge in [-0.3, -0.25) is 14.4 Å². The summed E-state index contributed by atoms with van der Waals surface area (Å²) in [6.45, 7) is 4.39. The van der Waals surface area contributed by atoms with Gasteiger partial charge in [0.25, 0.3) is 0 Å². The van der Waals surface area contributed by atoms with Crippen molar-refractivity contribution in [3.8, 4) is 0 Å². The molecule has 0 aliphatic heterocycles. The van der Waals surface area contributed by atoms with E-state index in [0.717, 1.165) is 66.7 Å². The molecule has 0 spiro atoms. The van der Waals surface area contributed by atoms with Gasteiger partial charge >= 0.3 is 11.9 Å². The van der Waals surface area contributed by atoms with E-state index in [1.807, 2.05) is 97.1 Å². The van der Waals surface area contributed by atoms with Crippen molar-refractivity contribution in [2.45, 2.75) is 64.8 Å². The topological polar surface area (TPSA) is 115 Å². The fourth-order valence-electron chi connectivity index (χ4n) is 5.85. The van der Waals surface area contributed by atoms with Crippen LogP contribution in [0, 0.1) is 0 Å². The summed E-state index contributed by atoms with van der Waals surface area (Å²) in [7, 11) is 3.77. The smallest absolute Gasteiger partial charge is 0.303 e. The molecular weight excluding hydrogens is 616 g/mol. The number of hydrogen-bond acceptors (Lipinski definition) is 7. The fraction of sp³-hybridized carbons (Fsp3) is 0.300. The predicted molar refractivity (Wildman–Crippen MR) is 193 cm³/mol. The number of fused-ring (bicyclic) bond motifs is 2. The van der Waals surface area contributed by atoms with Crippen molar-refractivity contribution < 1.29 is 23.9 Å². The van der Waals surface area contributed by atoms with E-state index in [4.69, 9.17) is 15.2 Å². The number of ether oxygens (including phenoxy) is 2. The molecule has 9 heteroatoms. The number of rotatable bonds is 9. The second-order valence-corrected chi connectivity index (χ2v) is 12.3. The number of nitrogen functional groups attached to an aromatic ring is 1. The summed E-state index contributed by atoms with van der Waals surface area (Å²) in [5.74, 6) is -0.463. The summed E-state index contributed by atoms with van der Waals surface area (Å²) in [6, 6.07) is 32.1. The van der Waals surface area contributed by atoms with Gasteiger partial charge in [0, 0.05) is 46.7 Å². The summed E-state index contributed by atoms with van der Waals surface area (Å²) >= 11 is 0. The number of aryl methyl sites for hydroxylation is 2. The van der Waals surface area contributed by atoms with Gasteiger partial charge in [-0.05, 0) is 83.3 Å². The molecule has 2 unspecified atom stereocenters. The van der Waals surface area contributed by atoms with Crippen LogP contribution in [-0.4, -0.2) is 48.6 Å².